The molecule has 0 aliphatic carbocycles. The number of benzene rings is 2. The van der Waals surface area contributed by atoms with Crippen molar-refractivity contribution in [3.05, 3.63) is 65.2 Å². The van der Waals surface area contributed by atoms with Gasteiger partial charge in [-0.05, 0) is 54.7 Å². The average molecular weight is 347 g/mol. The van der Waals surface area contributed by atoms with Crippen LogP contribution in [0.25, 0.3) is 0 Å². The van der Waals surface area contributed by atoms with Crippen LogP contribution in [0.3, 0.4) is 0 Å². The van der Waals surface area contributed by atoms with Gasteiger partial charge in [-0.15, -0.1) is 0 Å². The second-order valence-electron chi connectivity index (χ2n) is 6.46. The number of thiocarbonyl (C=S) groups is 1. The number of hydrogen-bond acceptors (Lipinski definition) is 1. The zero-order valence-electron chi connectivity index (χ0n) is 13.8. The number of rotatable bonds is 5. The summed E-state index contributed by atoms with van der Waals surface area (Å²) < 4.78 is 0. The molecule has 4 heteroatoms. The molecule has 1 unspecified atom stereocenters. The first-order chi connectivity index (χ1) is 10.9. The third-order valence-corrected chi connectivity index (χ3v) is 4.29. The summed E-state index contributed by atoms with van der Waals surface area (Å²) in [6, 6.07) is 18.4. The Kier molecular flexibility index (Phi) is 6.03. The zero-order valence-corrected chi connectivity index (χ0v) is 15.3. The minimum Gasteiger partial charge on any atom is -0.360 e. The molecule has 0 amide bonds. The van der Waals surface area contributed by atoms with Gasteiger partial charge < -0.3 is 10.6 Å². The van der Waals surface area contributed by atoms with Gasteiger partial charge in [-0.3, -0.25) is 0 Å². The van der Waals surface area contributed by atoms with Gasteiger partial charge in [0.15, 0.2) is 5.11 Å². The summed E-state index contributed by atoms with van der Waals surface area (Å²) in [5.74, 6) is 0. The number of nitrogens with one attached hydrogen (secondary N) is 2. The van der Waals surface area contributed by atoms with Crippen molar-refractivity contribution in [1.82, 2.24) is 5.32 Å². The summed E-state index contributed by atoms with van der Waals surface area (Å²) in [4.78, 5) is 0. The van der Waals surface area contributed by atoms with Gasteiger partial charge in [0.05, 0.1) is 0 Å². The van der Waals surface area contributed by atoms with E-state index in [2.05, 4.69) is 55.7 Å². The van der Waals surface area contributed by atoms with Gasteiger partial charge in [0.1, 0.15) is 0 Å². The third kappa shape index (κ3) is 5.52. The van der Waals surface area contributed by atoms with E-state index < -0.39 is 0 Å². The van der Waals surface area contributed by atoms with Crippen LogP contribution in [0.15, 0.2) is 54.6 Å². The highest BCUT2D eigenvalue weighted by Gasteiger charge is 2.23. The lowest BCUT2D eigenvalue weighted by Crippen LogP contribution is -2.39. The van der Waals surface area contributed by atoms with Crippen LogP contribution in [0, 0.1) is 0 Å². The molecule has 122 valence electrons. The van der Waals surface area contributed by atoms with Crippen molar-refractivity contribution in [3.63, 3.8) is 0 Å². The molecule has 0 aliphatic rings. The lowest BCUT2D eigenvalue weighted by molar-refractivity contribution is 0.420. The van der Waals surface area contributed by atoms with E-state index in [1.807, 2.05) is 30.3 Å². The molecular weight excluding hydrogens is 324 g/mol. The van der Waals surface area contributed by atoms with Crippen molar-refractivity contribution in [2.24, 2.45) is 0 Å². The Balaban J connectivity index is 1.91. The Morgan fingerprint density at radius 1 is 1.13 bits per heavy atom. The maximum atomic E-state index is 5.99. The van der Waals surface area contributed by atoms with Gasteiger partial charge in [0.25, 0.3) is 0 Å². The van der Waals surface area contributed by atoms with Gasteiger partial charge in [-0.25, -0.2) is 0 Å². The highest BCUT2D eigenvalue weighted by molar-refractivity contribution is 7.80. The van der Waals surface area contributed by atoms with E-state index in [0.29, 0.717) is 10.1 Å². The first-order valence-electron chi connectivity index (χ1n) is 7.75. The van der Waals surface area contributed by atoms with Crippen molar-refractivity contribution in [1.29, 1.82) is 0 Å². The molecule has 0 spiro atoms. The summed E-state index contributed by atoms with van der Waals surface area (Å²) in [5.41, 5.74) is 2.31. The fourth-order valence-electron chi connectivity index (χ4n) is 2.78. The summed E-state index contributed by atoms with van der Waals surface area (Å²) in [6.07, 6.45) is 0.981. The summed E-state index contributed by atoms with van der Waals surface area (Å²) >= 11 is 11.4. The monoisotopic (exact) mass is 346 g/mol. The molecule has 0 radical (unpaired) electrons. The number of halogens is 1. The van der Waals surface area contributed by atoms with Crippen LogP contribution in [0.4, 0.5) is 5.69 Å². The van der Waals surface area contributed by atoms with E-state index in [4.69, 9.17) is 23.8 Å². The van der Waals surface area contributed by atoms with E-state index in [0.717, 1.165) is 12.1 Å². The molecule has 0 saturated carbocycles. The molecule has 0 saturated heterocycles. The van der Waals surface area contributed by atoms with Gasteiger partial charge >= 0.3 is 0 Å². The molecule has 0 bridgehead atoms. The normalized spacial score (nSPS) is 12.5. The molecule has 2 aromatic carbocycles. The maximum absolute atomic E-state index is 5.99. The molecule has 2 N–H and O–H groups in total. The fraction of sp³-hybridized carbons (Fsp3) is 0.316. The average Bonchev–Trinajstić information content (AvgIpc) is 2.47. The SMILES string of the molecule is CC(CC(C)(C)c1ccccc1)NC(=S)Nc1cccc(Cl)c1. The topological polar surface area (TPSA) is 24.1 Å². The quantitative estimate of drug-likeness (QED) is 0.710. The van der Waals surface area contributed by atoms with Gasteiger partial charge in [0, 0.05) is 16.8 Å². The summed E-state index contributed by atoms with van der Waals surface area (Å²) in [6.45, 7) is 6.67. The number of hydrogen-bond donors (Lipinski definition) is 2. The minimum absolute atomic E-state index is 0.0827. The Morgan fingerprint density at radius 3 is 2.48 bits per heavy atom. The van der Waals surface area contributed by atoms with Gasteiger partial charge in [-0.2, -0.15) is 0 Å². The molecule has 2 nitrogen and oxygen atoms in total. The zero-order chi connectivity index (χ0) is 16.9. The second kappa shape index (κ2) is 7.80. The predicted molar refractivity (Wildman–Crippen MR) is 104 cm³/mol. The van der Waals surface area contributed by atoms with E-state index in [1.54, 1.807) is 0 Å². The molecule has 23 heavy (non-hydrogen) atoms. The molecule has 2 aromatic rings. The fourth-order valence-corrected chi connectivity index (χ4v) is 3.29. The van der Waals surface area contributed by atoms with Crippen LogP contribution < -0.4 is 10.6 Å². The van der Waals surface area contributed by atoms with Crippen molar-refractivity contribution in [2.45, 2.75) is 38.6 Å². The van der Waals surface area contributed by atoms with Crippen LogP contribution in [0.1, 0.15) is 32.8 Å². The Labute approximate surface area is 149 Å². The van der Waals surface area contributed by atoms with E-state index >= 15 is 0 Å². The van der Waals surface area contributed by atoms with Crippen LogP contribution in [-0.4, -0.2) is 11.2 Å². The highest BCUT2D eigenvalue weighted by Crippen LogP contribution is 2.28. The smallest absolute Gasteiger partial charge is 0.170 e. The van der Waals surface area contributed by atoms with Gasteiger partial charge in [0.2, 0.25) is 0 Å². The van der Waals surface area contributed by atoms with Crippen LogP contribution >= 0.6 is 23.8 Å². The maximum Gasteiger partial charge on any atom is 0.170 e. The van der Waals surface area contributed by atoms with E-state index in [1.165, 1.54) is 5.56 Å². The first kappa shape index (κ1) is 17.8. The number of anilines is 1. The lowest BCUT2D eigenvalue weighted by atomic mass is 9.79. The highest BCUT2D eigenvalue weighted by atomic mass is 35.5. The Morgan fingerprint density at radius 2 is 1.83 bits per heavy atom. The summed E-state index contributed by atoms with van der Waals surface area (Å²) in [7, 11) is 0. The molecule has 0 aromatic heterocycles. The van der Waals surface area contributed by atoms with Crippen molar-refractivity contribution in [2.75, 3.05) is 5.32 Å². The first-order valence-corrected chi connectivity index (χ1v) is 8.54. The Bertz CT molecular complexity index is 655. The largest absolute Gasteiger partial charge is 0.360 e. The molecule has 1 atom stereocenters. The second-order valence-corrected chi connectivity index (χ2v) is 7.31. The molecule has 0 fully saturated rings. The molecule has 0 heterocycles. The Hall–Kier alpha value is -1.58. The van der Waals surface area contributed by atoms with Crippen molar-refractivity contribution < 1.29 is 0 Å². The van der Waals surface area contributed by atoms with Crippen LogP contribution in [0.5, 0.6) is 0 Å². The van der Waals surface area contributed by atoms with Crippen LogP contribution in [-0.2, 0) is 5.41 Å². The standard InChI is InChI=1S/C19H23ClN2S/c1-14(13-19(2,3)15-8-5-4-6-9-15)21-18(23)22-17-11-7-10-16(20)12-17/h4-12,14H,13H2,1-3H3,(H2,21,22,23). The van der Waals surface area contributed by atoms with Gasteiger partial charge in [-0.1, -0.05) is 61.8 Å². The van der Waals surface area contributed by atoms with Crippen molar-refractivity contribution in [3.8, 4) is 0 Å². The van der Waals surface area contributed by atoms with E-state index in [-0.39, 0.29) is 11.5 Å². The minimum atomic E-state index is 0.0827. The molecule has 2 rings (SSSR count). The molecule has 0 aliphatic heterocycles. The molecular formula is C19H23ClN2S. The van der Waals surface area contributed by atoms with Crippen molar-refractivity contribution >= 4 is 34.6 Å². The summed E-state index contributed by atoms with van der Waals surface area (Å²) in [5, 5.41) is 7.83. The predicted octanol–water partition coefficient (Wildman–Crippen LogP) is 5.38. The lowest BCUT2D eigenvalue weighted by Gasteiger charge is -2.29. The van der Waals surface area contributed by atoms with Crippen LogP contribution in [0.2, 0.25) is 5.02 Å². The third-order valence-electron chi connectivity index (χ3n) is 3.83. The van der Waals surface area contributed by atoms with E-state index in [9.17, 15) is 0 Å².